The Bertz CT molecular complexity index is 931. The summed E-state index contributed by atoms with van der Waals surface area (Å²) < 4.78 is 27.0. The molecule has 1 unspecified atom stereocenters. The van der Waals surface area contributed by atoms with E-state index in [1.165, 1.54) is 24.3 Å². The van der Waals surface area contributed by atoms with Gasteiger partial charge in [0.15, 0.2) is 0 Å². The van der Waals surface area contributed by atoms with Gasteiger partial charge in [-0.05, 0) is 61.1 Å². The van der Waals surface area contributed by atoms with Crippen molar-refractivity contribution < 1.29 is 13.6 Å². The number of amides is 1. The molecule has 4 rings (SSSR count). The first-order valence-electron chi connectivity index (χ1n) is 11.1. The van der Waals surface area contributed by atoms with Crippen molar-refractivity contribution >= 4 is 5.91 Å². The van der Waals surface area contributed by atoms with E-state index in [4.69, 9.17) is 0 Å². The summed E-state index contributed by atoms with van der Waals surface area (Å²) in [6, 6.07) is 15.0. The highest BCUT2D eigenvalue weighted by Gasteiger charge is 2.43. The highest BCUT2D eigenvalue weighted by atomic mass is 19.1. The maximum Gasteiger partial charge on any atom is 0.235 e. The van der Waals surface area contributed by atoms with Crippen LogP contribution >= 0.6 is 0 Å². The molecule has 1 N–H and O–H groups in total. The fourth-order valence-electron chi connectivity index (χ4n) is 4.50. The van der Waals surface area contributed by atoms with Crippen LogP contribution in [0.3, 0.4) is 0 Å². The van der Waals surface area contributed by atoms with Crippen molar-refractivity contribution in [3.8, 4) is 6.07 Å². The lowest BCUT2D eigenvalue weighted by atomic mass is 9.96. The molecule has 32 heavy (non-hydrogen) atoms. The van der Waals surface area contributed by atoms with Gasteiger partial charge in [0, 0.05) is 26.2 Å². The molecule has 1 heterocycles. The molecule has 0 radical (unpaired) electrons. The maximum absolute atomic E-state index is 13.5. The molecule has 2 aliphatic rings. The second kappa shape index (κ2) is 9.35. The predicted molar refractivity (Wildman–Crippen MR) is 118 cm³/mol. The molecule has 2 fully saturated rings. The fourth-order valence-corrected chi connectivity index (χ4v) is 4.50. The molecular formula is C25H28F2N4O. The SMILES string of the molecule is CC(C#N)(NC(=O)CN1CCN(C(c2ccc(F)cc2)c2ccc(F)cc2)CC1)C1CC1. The number of nitriles is 1. The molecule has 0 bridgehead atoms. The topological polar surface area (TPSA) is 59.4 Å². The standard InChI is InChI=1S/C25H28F2N4O/c1-25(17-28,20-6-7-20)29-23(32)16-30-12-14-31(15-13-30)24(18-2-8-21(26)9-3-18)19-4-10-22(27)11-5-19/h2-5,8-11,20,24H,6-7,12-16H2,1H3,(H,29,32). The van der Waals surface area contributed by atoms with E-state index < -0.39 is 5.54 Å². The number of halogens is 2. The van der Waals surface area contributed by atoms with Crippen LogP contribution in [0.4, 0.5) is 8.78 Å². The molecule has 5 nitrogen and oxygen atoms in total. The van der Waals surface area contributed by atoms with Crippen LogP contribution < -0.4 is 5.32 Å². The number of nitrogens with one attached hydrogen (secondary N) is 1. The van der Waals surface area contributed by atoms with Gasteiger partial charge in [-0.3, -0.25) is 14.6 Å². The Morgan fingerprint density at radius 3 is 1.97 bits per heavy atom. The quantitative estimate of drug-likeness (QED) is 0.719. The van der Waals surface area contributed by atoms with Crippen molar-refractivity contribution in [2.45, 2.75) is 31.3 Å². The number of hydrogen-bond acceptors (Lipinski definition) is 4. The molecule has 1 amide bonds. The number of piperazine rings is 1. The van der Waals surface area contributed by atoms with Crippen molar-refractivity contribution in [2.75, 3.05) is 32.7 Å². The van der Waals surface area contributed by atoms with E-state index >= 15 is 0 Å². The largest absolute Gasteiger partial charge is 0.337 e. The van der Waals surface area contributed by atoms with Crippen molar-refractivity contribution in [1.29, 1.82) is 5.26 Å². The third kappa shape index (κ3) is 5.14. The molecule has 2 aromatic rings. The Labute approximate surface area is 187 Å². The van der Waals surface area contributed by atoms with E-state index in [2.05, 4.69) is 21.2 Å². The minimum absolute atomic E-state index is 0.121. The fraction of sp³-hybridized carbons (Fsp3) is 0.440. The second-order valence-corrected chi connectivity index (χ2v) is 8.95. The van der Waals surface area contributed by atoms with Crippen LogP contribution in [0, 0.1) is 28.9 Å². The lowest BCUT2D eigenvalue weighted by Gasteiger charge is -2.39. The van der Waals surface area contributed by atoms with Gasteiger partial charge in [0.05, 0.1) is 18.7 Å². The van der Waals surface area contributed by atoms with Gasteiger partial charge in [0.2, 0.25) is 5.91 Å². The van der Waals surface area contributed by atoms with Crippen LogP contribution in [-0.2, 0) is 4.79 Å². The lowest BCUT2D eigenvalue weighted by molar-refractivity contribution is -0.124. The molecule has 7 heteroatoms. The summed E-state index contributed by atoms with van der Waals surface area (Å²) in [6.07, 6.45) is 1.97. The van der Waals surface area contributed by atoms with E-state index in [1.807, 2.05) is 0 Å². The molecule has 2 aromatic carbocycles. The van der Waals surface area contributed by atoms with E-state index in [0.29, 0.717) is 26.2 Å². The first-order chi connectivity index (χ1) is 15.4. The van der Waals surface area contributed by atoms with Crippen LogP contribution in [0.5, 0.6) is 0 Å². The Kier molecular flexibility index (Phi) is 6.54. The van der Waals surface area contributed by atoms with Gasteiger partial charge in [-0.2, -0.15) is 5.26 Å². The number of carbonyl (C=O) groups excluding carboxylic acids is 1. The van der Waals surface area contributed by atoms with Gasteiger partial charge >= 0.3 is 0 Å². The van der Waals surface area contributed by atoms with Crippen molar-refractivity contribution in [1.82, 2.24) is 15.1 Å². The molecular weight excluding hydrogens is 410 g/mol. The Hall–Kier alpha value is -2.82. The smallest absolute Gasteiger partial charge is 0.235 e. The maximum atomic E-state index is 13.5. The zero-order valence-corrected chi connectivity index (χ0v) is 18.2. The van der Waals surface area contributed by atoms with Gasteiger partial charge in [-0.25, -0.2) is 8.78 Å². The first-order valence-corrected chi connectivity index (χ1v) is 11.1. The van der Waals surface area contributed by atoms with Gasteiger partial charge in [-0.1, -0.05) is 24.3 Å². The summed E-state index contributed by atoms with van der Waals surface area (Å²) in [5, 5.41) is 12.4. The van der Waals surface area contributed by atoms with Gasteiger partial charge in [0.1, 0.15) is 17.2 Å². The van der Waals surface area contributed by atoms with Crippen molar-refractivity contribution in [3.05, 3.63) is 71.3 Å². The summed E-state index contributed by atoms with van der Waals surface area (Å²) in [6.45, 7) is 4.87. The Morgan fingerprint density at radius 1 is 1.03 bits per heavy atom. The molecule has 1 atom stereocenters. The normalized spacial score (nSPS) is 19.3. The number of rotatable bonds is 7. The molecule has 1 saturated carbocycles. The van der Waals surface area contributed by atoms with Crippen LogP contribution in [0.2, 0.25) is 0 Å². The van der Waals surface area contributed by atoms with Crippen molar-refractivity contribution in [3.63, 3.8) is 0 Å². The van der Waals surface area contributed by atoms with E-state index in [9.17, 15) is 18.8 Å². The highest BCUT2D eigenvalue weighted by molar-refractivity contribution is 5.79. The minimum Gasteiger partial charge on any atom is -0.337 e. The summed E-state index contributed by atoms with van der Waals surface area (Å²) in [7, 11) is 0. The van der Waals surface area contributed by atoms with Crippen LogP contribution in [-0.4, -0.2) is 54.0 Å². The molecule has 1 aliphatic heterocycles. The highest BCUT2D eigenvalue weighted by Crippen LogP contribution is 2.39. The Balaban J connectivity index is 1.41. The van der Waals surface area contributed by atoms with Gasteiger partial charge < -0.3 is 5.32 Å². The summed E-state index contributed by atoms with van der Waals surface area (Å²) in [5.41, 5.74) is 1.10. The number of hydrogen-bond donors (Lipinski definition) is 1. The van der Waals surface area contributed by atoms with Gasteiger partial charge in [-0.15, -0.1) is 0 Å². The lowest BCUT2D eigenvalue weighted by Crippen LogP contribution is -2.54. The summed E-state index contributed by atoms with van der Waals surface area (Å²) in [5.74, 6) is -0.459. The first kappa shape index (κ1) is 22.4. The second-order valence-electron chi connectivity index (χ2n) is 8.95. The third-order valence-electron chi connectivity index (χ3n) is 6.54. The third-order valence-corrected chi connectivity index (χ3v) is 6.54. The molecule has 0 spiro atoms. The van der Waals surface area contributed by atoms with Crippen LogP contribution in [0.15, 0.2) is 48.5 Å². The molecule has 168 valence electrons. The molecule has 1 aliphatic carbocycles. The number of benzene rings is 2. The zero-order chi connectivity index (χ0) is 22.7. The predicted octanol–water partition coefficient (Wildman–Crippen LogP) is 3.48. The monoisotopic (exact) mass is 438 g/mol. The molecule has 0 aromatic heterocycles. The van der Waals surface area contributed by atoms with E-state index in [1.54, 1.807) is 31.2 Å². The summed E-state index contributed by atoms with van der Waals surface area (Å²) in [4.78, 5) is 16.9. The van der Waals surface area contributed by atoms with Crippen LogP contribution in [0.25, 0.3) is 0 Å². The van der Waals surface area contributed by atoms with Gasteiger partial charge in [0.25, 0.3) is 0 Å². The van der Waals surface area contributed by atoms with E-state index in [0.717, 1.165) is 24.0 Å². The number of carbonyl (C=O) groups is 1. The van der Waals surface area contributed by atoms with Crippen LogP contribution in [0.1, 0.15) is 36.9 Å². The average molecular weight is 439 g/mol. The Morgan fingerprint density at radius 2 is 1.53 bits per heavy atom. The van der Waals surface area contributed by atoms with Crippen molar-refractivity contribution in [2.24, 2.45) is 5.92 Å². The molecule has 1 saturated heterocycles. The summed E-state index contributed by atoms with van der Waals surface area (Å²) >= 11 is 0. The number of nitrogens with zero attached hydrogens (tertiary/aromatic N) is 3. The van der Waals surface area contributed by atoms with E-state index in [-0.39, 0.29) is 36.0 Å². The average Bonchev–Trinajstić information content (AvgIpc) is 3.64. The minimum atomic E-state index is -0.783. The zero-order valence-electron chi connectivity index (χ0n) is 18.2.